The summed E-state index contributed by atoms with van der Waals surface area (Å²) in [5, 5.41) is 0.468. The second-order valence-corrected chi connectivity index (χ2v) is 6.24. The number of carbonyl (C=O) groups excluding carboxylic acids is 1. The van der Waals surface area contributed by atoms with E-state index in [9.17, 15) is 14.4 Å². The van der Waals surface area contributed by atoms with Crippen molar-refractivity contribution < 1.29 is 4.79 Å². The van der Waals surface area contributed by atoms with Gasteiger partial charge in [-0.2, -0.15) is 0 Å². The van der Waals surface area contributed by atoms with Crippen LogP contribution in [-0.2, 0) is 11.3 Å². The summed E-state index contributed by atoms with van der Waals surface area (Å²) in [5.74, 6) is -0.0660. The van der Waals surface area contributed by atoms with E-state index in [1.54, 1.807) is 43.0 Å². The van der Waals surface area contributed by atoms with Gasteiger partial charge in [0.05, 0.1) is 10.9 Å². The minimum Gasteiger partial charge on any atom is -0.341 e. The molecule has 0 unspecified atom stereocenters. The molecule has 6 heteroatoms. The van der Waals surface area contributed by atoms with Crippen molar-refractivity contribution in [3.8, 4) is 0 Å². The molecule has 0 saturated carbocycles. The number of likely N-dealkylation sites (tertiary alicyclic amines) is 1. The summed E-state index contributed by atoms with van der Waals surface area (Å²) in [4.78, 5) is 39.5. The summed E-state index contributed by atoms with van der Waals surface area (Å²) in [5.41, 5.74) is -0.200. The quantitative estimate of drug-likeness (QED) is 0.859. The highest BCUT2D eigenvalue weighted by Gasteiger charge is 2.21. The molecule has 1 fully saturated rings. The lowest BCUT2D eigenvalue weighted by molar-refractivity contribution is -0.130. The van der Waals surface area contributed by atoms with Gasteiger partial charge in [-0.1, -0.05) is 12.1 Å². The first-order valence-electron chi connectivity index (χ1n) is 8.02. The molecule has 122 valence electrons. The number of para-hydroxylation sites is 1. The Labute approximate surface area is 133 Å². The monoisotopic (exact) mass is 315 g/mol. The van der Waals surface area contributed by atoms with Crippen LogP contribution in [-0.4, -0.2) is 33.0 Å². The Kier molecular flexibility index (Phi) is 4.07. The van der Waals surface area contributed by atoms with Crippen molar-refractivity contribution in [1.82, 2.24) is 14.0 Å². The van der Waals surface area contributed by atoms with E-state index in [1.165, 1.54) is 9.13 Å². The SMILES string of the molecule is CC(C)n1c(=O)c2ccccc2n(CC(=O)N2CCCC2)c1=O. The smallest absolute Gasteiger partial charge is 0.332 e. The standard InChI is InChI=1S/C17H21N3O3/c1-12(2)20-16(22)13-7-3-4-8-14(13)19(17(20)23)11-15(21)18-9-5-6-10-18/h3-4,7-8,12H,5-6,9-11H2,1-2H3. The van der Waals surface area contributed by atoms with Crippen molar-refractivity contribution in [1.29, 1.82) is 0 Å². The van der Waals surface area contributed by atoms with Gasteiger partial charge in [-0.15, -0.1) is 0 Å². The van der Waals surface area contributed by atoms with Crippen LogP contribution in [0.1, 0.15) is 32.7 Å². The fraction of sp³-hybridized carbons (Fsp3) is 0.471. The lowest BCUT2D eigenvalue weighted by Crippen LogP contribution is -2.43. The fourth-order valence-corrected chi connectivity index (χ4v) is 3.15. The molecule has 0 bridgehead atoms. The van der Waals surface area contributed by atoms with E-state index in [1.807, 2.05) is 0 Å². The molecular weight excluding hydrogens is 294 g/mol. The van der Waals surface area contributed by atoms with E-state index >= 15 is 0 Å². The van der Waals surface area contributed by atoms with Crippen molar-refractivity contribution in [2.75, 3.05) is 13.1 Å². The molecule has 1 aromatic carbocycles. The predicted octanol–water partition coefficient (Wildman–Crippen LogP) is 1.37. The molecule has 1 amide bonds. The van der Waals surface area contributed by atoms with E-state index in [-0.39, 0.29) is 24.1 Å². The molecule has 0 radical (unpaired) electrons. The summed E-state index contributed by atoms with van der Waals surface area (Å²) >= 11 is 0. The van der Waals surface area contributed by atoms with Crippen LogP contribution >= 0.6 is 0 Å². The maximum atomic E-state index is 12.8. The molecular formula is C17H21N3O3. The molecule has 1 aromatic heterocycles. The van der Waals surface area contributed by atoms with Gasteiger partial charge in [0.15, 0.2) is 0 Å². The minimum absolute atomic E-state index is 0.0215. The first-order chi connectivity index (χ1) is 11.0. The molecule has 3 rings (SSSR count). The number of rotatable bonds is 3. The number of carbonyl (C=O) groups is 1. The molecule has 1 aliphatic heterocycles. The lowest BCUT2D eigenvalue weighted by Gasteiger charge is -2.19. The maximum Gasteiger partial charge on any atom is 0.332 e. The van der Waals surface area contributed by atoms with Crippen LogP contribution < -0.4 is 11.2 Å². The van der Waals surface area contributed by atoms with E-state index in [2.05, 4.69) is 0 Å². The third kappa shape index (κ3) is 2.69. The van der Waals surface area contributed by atoms with Gasteiger partial charge in [-0.05, 0) is 38.8 Å². The van der Waals surface area contributed by atoms with Crippen LogP contribution in [0.5, 0.6) is 0 Å². The van der Waals surface area contributed by atoms with Crippen molar-refractivity contribution >= 4 is 16.8 Å². The van der Waals surface area contributed by atoms with Crippen LogP contribution in [0.4, 0.5) is 0 Å². The number of hydrogen-bond acceptors (Lipinski definition) is 3. The Hall–Kier alpha value is -2.37. The van der Waals surface area contributed by atoms with Crippen molar-refractivity contribution in [2.45, 2.75) is 39.3 Å². The third-order valence-electron chi connectivity index (χ3n) is 4.35. The molecule has 2 heterocycles. The number of hydrogen-bond donors (Lipinski definition) is 0. The maximum absolute atomic E-state index is 12.8. The largest absolute Gasteiger partial charge is 0.341 e. The highest BCUT2D eigenvalue weighted by molar-refractivity contribution is 5.81. The van der Waals surface area contributed by atoms with E-state index in [0.29, 0.717) is 10.9 Å². The molecule has 0 spiro atoms. The van der Waals surface area contributed by atoms with Crippen LogP contribution in [0, 0.1) is 0 Å². The average Bonchev–Trinajstić information content (AvgIpc) is 3.05. The molecule has 1 aliphatic rings. The topological polar surface area (TPSA) is 64.3 Å². The van der Waals surface area contributed by atoms with Gasteiger partial charge in [0.1, 0.15) is 6.54 Å². The van der Waals surface area contributed by atoms with Crippen molar-refractivity contribution in [3.05, 3.63) is 45.1 Å². The van der Waals surface area contributed by atoms with Crippen LogP contribution in [0.2, 0.25) is 0 Å². The first kappa shape index (κ1) is 15.5. The van der Waals surface area contributed by atoms with Crippen LogP contribution in [0.25, 0.3) is 10.9 Å². The zero-order valence-corrected chi connectivity index (χ0v) is 13.5. The first-order valence-corrected chi connectivity index (χ1v) is 8.02. The normalized spacial score (nSPS) is 14.8. The Morgan fingerprint density at radius 3 is 2.43 bits per heavy atom. The zero-order valence-electron chi connectivity index (χ0n) is 13.5. The van der Waals surface area contributed by atoms with Crippen molar-refractivity contribution in [3.63, 3.8) is 0 Å². The summed E-state index contributed by atoms with van der Waals surface area (Å²) in [6.07, 6.45) is 2.01. The second kappa shape index (κ2) is 6.02. The zero-order chi connectivity index (χ0) is 16.6. The molecule has 0 atom stereocenters. The highest BCUT2D eigenvalue weighted by Crippen LogP contribution is 2.12. The second-order valence-electron chi connectivity index (χ2n) is 6.24. The van der Waals surface area contributed by atoms with Crippen LogP contribution in [0.3, 0.4) is 0 Å². The highest BCUT2D eigenvalue weighted by atomic mass is 16.2. The Balaban J connectivity index is 2.17. The van der Waals surface area contributed by atoms with Gasteiger partial charge < -0.3 is 4.90 Å². The summed E-state index contributed by atoms with van der Waals surface area (Å²) in [6, 6.07) is 6.71. The number of aromatic nitrogens is 2. The lowest BCUT2D eigenvalue weighted by atomic mass is 10.2. The Morgan fingerprint density at radius 2 is 1.78 bits per heavy atom. The minimum atomic E-state index is -0.420. The van der Waals surface area contributed by atoms with Gasteiger partial charge in [0.2, 0.25) is 5.91 Å². The fourth-order valence-electron chi connectivity index (χ4n) is 3.15. The predicted molar refractivity (Wildman–Crippen MR) is 88.7 cm³/mol. The number of fused-ring (bicyclic) bond motifs is 1. The molecule has 23 heavy (non-hydrogen) atoms. The average molecular weight is 315 g/mol. The molecule has 1 saturated heterocycles. The van der Waals surface area contributed by atoms with E-state index in [0.717, 1.165) is 25.9 Å². The van der Waals surface area contributed by atoms with Gasteiger partial charge in [-0.25, -0.2) is 4.79 Å². The Bertz CT molecular complexity index is 857. The van der Waals surface area contributed by atoms with Gasteiger partial charge in [0, 0.05) is 19.1 Å². The number of amides is 1. The van der Waals surface area contributed by atoms with Gasteiger partial charge in [-0.3, -0.25) is 18.7 Å². The molecule has 6 nitrogen and oxygen atoms in total. The molecule has 0 aliphatic carbocycles. The molecule has 2 aromatic rings. The Morgan fingerprint density at radius 1 is 1.13 bits per heavy atom. The van der Waals surface area contributed by atoms with E-state index in [4.69, 9.17) is 0 Å². The third-order valence-corrected chi connectivity index (χ3v) is 4.35. The van der Waals surface area contributed by atoms with E-state index < -0.39 is 5.69 Å². The summed E-state index contributed by atoms with van der Waals surface area (Å²) < 4.78 is 2.65. The van der Waals surface area contributed by atoms with Crippen LogP contribution in [0.15, 0.2) is 33.9 Å². The number of nitrogens with zero attached hydrogens (tertiary/aromatic N) is 3. The van der Waals surface area contributed by atoms with Gasteiger partial charge in [0.25, 0.3) is 5.56 Å². The molecule has 0 N–H and O–H groups in total. The number of benzene rings is 1. The summed E-state index contributed by atoms with van der Waals surface area (Å²) in [6.45, 7) is 5.06. The van der Waals surface area contributed by atoms with Crippen molar-refractivity contribution in [2.24, 2.45) is 0 Å². The summed E-state index contributed by atoms with van der Waals surface area (Å²) in [7, 11) is 0. The van der Waals surface area contributed by atoms with Gasteiger partial charge >= 0.3 is 5.69 Å².